The van der Waals surface area contributed by atoms with Gasteiger partial charge in [-0.15, -0.1) is 0 Å². The summed E-state index contributed by atoms with van der Waals surface area (Å²) in [5.74, 6) is 0.959. The summed E-state index contributed by atoms with van der Waals surface area (Å²) in [6.07, 6.45) is 0. The van der Waals surface area contributed by atoms with Crippen LogP contribution in [0.4, 0.5) is 5.69 Å². The van der Waals surface area contributed by atoms with E-state index < -0.39 is 8.25 Å². The van der Waals surface area contributed by atoms with Crippen molar-refractivity contribution in [3.05, 3.63) is 54.6 Å². The first-order valence-corrected chi connectivity index (χ1v) is 6.07. The first kappa shape index (κ1) is 11.4. The summed E-state index contributed by atoms with van der Waals surface area (Å²) in [6, 6.07) is 15.5. The average Bonchev–Trinajstić information content (AvgIpc) is 2.33. The molecular weight excluding hydrogens is 237 g/mol. The normalized spacial score (nSPS) is 10.7. The molecule has 0 fully saturated rings. The Kier molecular flexibility index (Phi) is 3.58. The summed E-state index contributed by atoms with van der Waals surface area (Å²) in [5.41, 5.74) is 6.14. The van der Waals surface area contributed by atoms with E-state index in [1.165, 1.54) is 0 Å². The predicted molar refractivity (Wildman–Crippen MR) is 66.2 cm³/mol. The second kappa shape index (κ2) is 5.32. The Bertz CT molecular complexity index is 499. The minimum absolute atomic E-state index is 0.455. The van der Waals surface area contributed by atoms with Crippen molar-refractivity contribution in [1.29, 1.82) is 0 Å². The number of benzene rings is 2. The molecule has 5 heteroatoms. The Balaban J connectivity index is 1.96. The van der Waals surface area contributed by atoms with Crippen molar-refractivity contribution in [3.63, 3.8) is 0 Å². The fourth-order valence-corrected chi connectivity index (χ4v) is 1.83. The van der Waals surface area contributed by atoms with Gasteiger partial charge in [0.15, 0.2) is 11.5 Å². The summed E-state index contributed by atoms with van der Waals surface area (Å²) in [7, 11) is -2.23. The average molecular weight is 248 g/mol. The lowest BCUT2D eigenvalue weighted by molar-refractivity contribution is 0.415. The van der Waals surface area contributed by atoms with Crippen LogP contribution in [0.5, 0.6) is 11.5 Å². The molecule has 0 aromatic heterocycles. The highest BCUT2D eigenvalue weighted by Gasteiger charge is 2.23. The molecule has 1 unspecified atom stereocenters. The van der Waals surface area contributed by atoms with Gasteiger partial charge in [0.05, 0.1) is 0 Å². The molecule has 0 aliphatic rings. The van der Waals surface area contributed by atoms with Gasteiger partial charge in [0.25, 0.3) is 0 Å². The number of hydrogen-bond acceptors (Lipinski definition) is 4. The standard InChI is InChI=1S/C12H11NO3P/c13-10-6-8-12(9-7-10)16-17(14)15-11-4-2-1-3-5-11/h1-9H,13H2/q+1. The van der Waals surface area contributed by atoms with Crippen LogP contribution < -0.4 is 14.8 Å². The summed E-state index contributed by atoms with van der Waals surface area (Å²) >= 11 is 0. The summed E-state index contributed by atoms with van der Waals surface area (Å²) < 4.78 is 21.7. The van der Waals surface area contributed by atoms with Crippen LogP contribution in [-0.4, -0.2) is 0 Å². The van der Waals surface area contributed by atoms with Gasteiger partial charge in [0.1, 0.15) is 0 Å². The minimum Gasteiger partial charge on any atom is -0.399 e. The second-order valence-corrected chi connectivity index (χ2v) is 4.10. The first-order valence-electron chi connectivity index (χ1n) is 4.98. The van der Waals surface area contributed by atoms with Crippen LogP contribution in [0.3, 0.4) is 0 Å². The minimum atomic E-state index is -2.23. The summed E-state index contributed by atoms with van der Waals surface area (Å²) in [6.45, 7) is 0. The largest absolute Gasteiger partial charge is 0.805 e. The van der Waals surface area contributed by atoms with Crippen molar-refractivity contribution in [2.45, 2.75) is 0 Å². The van der Waals surface area contributed by atoms with Gasteiger partial charge >= 0.3 is 8.25 Å². The molecule has 2 aromatic rings. The quantitative estimate of drug-likeness (QED) is 0.665. The van der Waals surface area contributed by atoms with Gasteiger partial charge < -0.3 is 5.73 Å². The van der Waals surface area contributed by atoms with Crippen LogP contribution in [0.2, 0.25) is 0 Å². The van der Waals surface area contributed by atoms with E-state index in [1.54, 1.807) is 48.5 Å². The number of para-hydroxylation sites is 1. The molecule has 0 aliphatic carbocycles. The van der Waals surface area contributed by atoms with Crippen molar-refractivity contribution in [2.75, 3.05) is 5.73 Å². The molecule has 2 N–H and O–H groups in total. The number of anilines is 1. The molecule has 86 valence electrons. The maximum Gasteiger partial charge on any atom is 0.805 e. The third-order valence-electron chi connectivity index (χ3n) is 1.98. The van der Waals surface area contributed by atoms with Crippen LogP contribution in [0.25, 0.3) is 0 Å². The summed E-state index contributed by atoms with van der Waals surface area (Å²) in [4.78, 5) is 0. The maximum atomic E-state index is 11.5. The monoisotopic (exact) mass is 248 g/mol. The number of nitrogen functional groups attached to an aromatic ring is 1. The fraction of sp³-hybridized carbons (Fsp3) is 0. The van der Waals surface area contributed by atoms with E-state index in [0.717, 1.165) is 0 Å². The zero-order valence-corrected chi connectivity index (χ0v) is 9.84. The molecule has 0 heterocycles. The van der Waals surface area contributed by atoms with Crippen LogP contribution >= 0.6 is 8.25 Å². The summed E-state index contributed by atoms with van der Waals surface area (Å²) in [5, 5.41) is 0. The Morgan fingerprint density at radius 1 is 0.824 bits per heavy atom. The zero-order valence-electron chi connectivity index (χ0n) is 8.95. The van der Waals surface area contributed by atoms with Crippen molar-refractivity contribution < 1.29 is 13.6 Å². The van der Waals surface area contributed by atoms with Crippen LogP contribution in [0.15, 0.2) is 54.6 Å². The Morgan fingerprint density at radius 3 is 1.94 bits per heavy atom. The molecule has 0 saturated heterocycles. The van der Waals surface area contributed by atoms with E-state index in [0.29, 0.717) is 17.2 Å². The van der Waals surface area contributed by atoms with Crippen molar-refractivity contribution in [1.82, 2.24) is 0 Å². The molecule has 2 aromatic carbocycles. The lowest BCUT2D eigenvalue weighted by atomic mass is 10.3. The van der Waals surface area contributed by atoms with Gasteiger partial charge in [-0.25, -0.2) is 9.05 Å². The zero-order chi connectivity index (χ0) is 12.1. The van der Waals surface area contributed by atoms with Gasteiger partial charge in [-0.1, -0.05) is 18.2 Å². The predicted octanol–water partition coefficient (Wildman–Crippen LogP) is 3.38. The highest BCUT2D eigenvalue weighted by molar-refractivity contribution is 7.34. The number of hydrogen-bond donors (Lipinski definition) is 1. The van der Waals surface area contributed by atoms with Crippen molar-refractivity contribution in [3.8, 4) is 11.5 Å². The van der Waals surface area contributed by atoms with E-state index in [-0.39, 0.29) is 0 Å². The Hall–Kier alpha value is -2.06. The molecule has 0 aliphatic heterocycles. The Morgan fingerprint density at radius 2 is 1.35 bits per heavy atom. The maximum absolute atomic E-state index is 11.5. The lowest BCUT2D eigenvalue weighted by Gasteiger charge is -1.94. The molecule has 0 radical (unpaired) electrons. The third kappa shape index (κ3) is 3.47. The second-order valence-electron chi connectivity index (χ2n) is 3.29. The van der Waals surface area contributed by atoms with Crippen molar-refractivity contribution >= 4 is 13.9 Å². The molecule has 2 rings (SSSR count). The fourth-order valence-electron chi connectivity index (χ4n) is 1.20. The van der Waals surface area contributed by atoms with Gasteiger partial charge in [-0.2, -0.15) is 0 Å². The van der Waals surface area contributed by atoms with E-state index >= 15 is 0 Å². The van der Waals surface area contributed by atoms with E-state index in [4.69, 9.17) is 14.8 Å². The van der Waals surface area contributed by atoms with Crippen LogP contribution in [0.1, 0.15) is 0 Å². The van der Waals surface area contributed by atoms with Crippen LogP contribution in [-0.2, 0) is 4.57 Å². The molecule has 0 bridgehead atoms. The van der Waals surface area contributed by atoms with Gasteiger partial charge in [-0.3, -0.25) is 0 Å². The number of rotatable bonds is 4. The first-order chi connectivity index (χ1) is 8.24. The molecule has 0 amide bonds. The molecule has 17 heavy (non-hydrogen) atoms. The lowest BCUT2D eigenvalue weighted by Crippen LogP contribution is -1.89. The van der Waals surface area contributed by atoms with E-state index in [9.17, 15) is 4.57 Å². The Labute approximate surface area is 99.9 Å². The number of nitrogens with two attached hydrogens (primary N) is 1. The van der Waals surface area contributed by atoms with E-state index in [1.807, 2.05) is 6.07 Å². The molecule has 4 nitrogen and oxygen atoms in total. The highest BCUT2D eigenvalue weighted by Crippen LogP contribution is 2.30. The van der Waals surface area contributed by atoms with Gasteiger partial charge in [0, 0.05) is 10.3 Å². The van der Waals surface area contributed by atoms with Crippen LogP contribution in [0, 0.1) is 0 Å². The molecule has 0 saturated carbocycles. The van der Waals surface area contributed by atoms with E-state index in [2.05, 4.69) is 0 Å². The SMILES string of the molecule is Nc1ccc(O[P+](=O)Oc2ccccc2)cc1. The van der Waals surface area contributed by atoms with Gasteiger partial charge in [-0.05, 0) is 36.4 Å². The molecule has 1 atom stereocenters. The van der Waals surface area contributed by atoms with Gasteiger partial charge in [0.2, 0.25) is 0 Å². The smallest absolute Gasteiger partial charge is 0.399 e. The topological polar surface area (TPSA) is 61.5 Å². The van der Waals surface area contributed by atoms with Crippen molar-refractivity contribution in [2.24, 2.45) is 0 Å². The highest BCUT2D eigenvalue weighted by atomic mass is 31.1. The molecular formula is C12H11NO3P+. The third-order valence-corrected chi connectivity index (χ3v) is 2.70. The molecule has 0 spiro atoms.